The molecule has 0 unspecified atom stereocenters. The standard InChI is InChI=1S/C14H8N6O4/c15-7-16-13-14(22)18-10-5-11(19-3-1-8(21)2-4-19)12(20(23)24)6-9(10)17-13/h1-6H,(H,16,17)(H,18,22). The summed E-state index contributed by atoms with van der Waals surface area (Å²) in [5.74, 6) is -0.254. The number of rotatable bonds is 3. The van der Waals surface area contributed by atoms with E-state index in [9.17, 15) is 19.7 Å². The Morgan fingerprint density at radius 3 is 2.62 bits per heavy atom. The molecule has 0 saturated heterocycles. The molecule has 2 N–H and O–H groups in total. The van der Waals surface area contributed by atoms with Crippen molar-refractivity contribution >= 4 is 22.5 Å². The van der Waals surface area contributed by atoms with Crippen molar-refractivity contribution in [3.05, 3.63) is 67.4 Å². The van der Waals surface area contributed by atoms with Crippen LogP contribution >= 0.6 is 0 Å². The highest BCUT2D eigenvalue weighted by molar-refractivity contribution is 5.82. The molecule has 0 saturated carbocycles. The number of aromatic nitrogens is 3. The molecule has 2 heterocycles. The van der Waals surface area contributed by atoms with Crippen molar-refractivity contribution < 1.29 is 4.92 Å². The maximum absolute atomic E-state index is 11.8. The van der Waals surface area contributed by atoms with Crippen LogP contribution in [0.5, 0.6) is 0 Å². The van der Waals surface area contributed by atoms with Crippen LogP contribution < -0.4 is 16.3 Å². The molecule has 24 heavy (non-hydrogen) atoms. The van der Waals surface area contributed by atoms with Crippen LogP contribution in [0.25, 0.3) is 16.7 Å². The Morgan fingerprint density at radius 2 is 2.00 bits per heavy atom. The van der Waals surface area contributed by atoms with Gasteiger partial charge in [0.15, 0.2) is 11.6 Å². The molecule has 3 rings (SSSR count). The van der Waals surface area contributed by atoms with Gasteiger partial charge < -0.3 is 9.55 Å². The lowest BCUT2D eigenvalue weighted by Gasteiger charge is -2.08. The highest BCUT2D eigenvalue weighted by Gasteiger charge is 2.18. The molecule has 2 aromatic heterocycles. The van der Waals surface area contributed by atoms with Crippen LogP contribution in [0, 0.1) is 21.6 Å². The normalized spacial score (nSPS) is 10.3. The monoisotopic (exact) mass is 324 g/mol. The maximum atomic E-state index is 11.8. The molecule has 0 atom stereocenters. The Hall–Kier alpha value is -4.00. The number of hydrogen-bond acceptors (Lipinski definition) is 7. The van der Waals surface area contributed by atoms with E-state index in [0.717, 1.165) is 0 Å². The van der Waals surface area contributed by atoms with Gasteiger partial charge in [-0.05, 0) is 6.07 Å². The van der Waals surface area contributed by atoms with Gasteiger partial charge in [0.25, 0.3) is 11.2 Å². The van der Waals surface area contributed by atoms with Gasteiger partial charge in [-0.1, -0.05) is 0 Å². The Balaban J connectivity index is 2.31. The van der Waals surface area contributed by atoms with Crippen LogP contribution in [0.3, 0.4) is 0 Å². The first kappa shape index (κ1) is 14.9. The number of fused-ring (bicyclic) bond motifs is 1. The summed E-state index contributed by atoms with van der Waals surface area (Å²) in [5, 5.41) is 22.0. The second-order valence-electron chi connectivity index (χ2n) is 4.71. The van der Waals surface area contributed by atoms with Gasteiger partial charge in [-0.15, -0.1) is 0 Å². The van der Waals surface area contributed by atoms with E-state index in [0.29, 0.717) is 0 Å². The molecule has 10 heteroatoms. The van der Waals surface area contributed by atoms with E-state index in [2.05, 4.69) is 15.3 Å². The molecule has 1 aromatic carbocycles. The third-order valence-corrected chi connectivity index (χ3v) is 3.24. The van der Waals surface area contributed by atoms with Gasteiger partial charge in [0.05, 0.1) is 16.0 Å². The summed E-state index contributed by atoms with van der Waals surface area (Å²) < 4.78 is 1.39. The number of aromatic amines is 1. The summed E-state index contributed by atoms with van der Waals surface area (Å²) in [5.41, 5.74) is -0.591. The van der Waals surface area contributed by atoms with E-state index in [1.54, 1.807) is 6.19 Å². The van der Waals surface area contributed by atoms with E-state index in [4.69, 9.17) is 5.26 Å². The number of nitro benzene ring substituents is 1. The first-order valence-corrected chi connectivity index (χ1v) is 6.56. The molecule has 0 amide bonds. The second kappa shape index (κ2) is 5.65. The topological polar surface area (TPSA) is 147 Å². The lowest BCUT2D eigenvalue weighted by Crippen LogP contribution is -2.14. The number of hydrogen-bond donors (Lipinski definition) is 2. The number of nitrogens with zero attached hydrogens (tertiary/aromatic N) is 4. The lowest BCUT2D eigenvalue weighted by atomic mass is 10.2. The summed E-state index contributed by atoms with van der Waals surface area (Å²) in [4.78, 5) is 40.2. The van der Waals surface area contributed by atoms with Crippen molar-refractivity contribution in [2.75, 3.05) is 5.32 Å². The predicted octanol–water partition coefficient (Wildman–Crippen LogP) is 0.875. The third kappa shape index (κ3) is 2.57. The van der Waals surface area contributed by atoms with Crippen LogP contribution in [-0.4, -0.2) is 19.5 Å². The quantitative estimate of drug-likeness (QED) is 0.314. The first-order chi connectivity index (χ1) is 11.5. The van der Waals surface area contributed by atoms with Crippen molar-refractivity contribution in [1.29, 1.82) is 5.26 Å². The van der Waals surface area contributed by atoms with Crippen molar-refractivity contribution in [1.82, 2.24) is 14.5 Å². The van der Waals surface area contributed by atoms with Crippen LogP contribution in [0.2, 0.25) is 0 Å². The van der Waals surface area contributed by atoms with Crippen molar-refractivity contribution in [2.45, 2.75) is 0 Å². The molecule has 3 aromatic rings. The number of nitrogens with one attached hydrogen (secondary N) is 2. The molecule has 0 aliphatic carbocycles. The highest BCUT2D eigenvalue weighted by atomic mass is 16.6. The third-order valence-electron chi connectivity index (χ3n) is 3.24. The Morgan fingerprint density at radius 1 is 1.29 bits per heavy atom. The Bertz CT molecular complexity index is 1100. The molecule has 0 aliphatic rings. The van der Waals surface area contributed by atoms with Gasteiger partial charge in [-0.25, -0.2) is 4.98 Å². The number of nitro groups is 1. The number of H-pyrrole nitrogens is 1. The van der Waals surface area contributed by atoms with Crippen molar-refractivity contribution in [3.8, 4) is 11.9 Å². The molecule has 0 fully saturated rings. The number of pyridine rings is 1. The van der Waals surface area contributed by atoms with Crippen LogP contribution in [0.1, 0.15) is 0 Å². The van der Waals surface area contributed by atoms with Gasteiger partial charge in [-0.2, -0.15) is 5.26 Å². The summed E-state index contributed by atoms with van der Waals surface area (Å²) >= 11 is 0. The summed E-state index contributed by atoms with van der Waals surface area (Å²) in [7, 11) is 0. The average molecular weight is 324 g/mol. The van der Waals surface area contributed by atoms with Crippen molar-refractivity contribution in [2.24, 2.45) is 0 Å². The minimum Gasteiger partial charge on any atom is -0.318 e. The number of anilines is 1. The molecule has 0 radical (unpaired) electrons. The van der Waals surface area contributed by atoms with Crippen LogP contribution in [0.4, 0.5) is 11.5 Å². The van der Waals surface area contributed by atoms with E-state index >= 15 is 0 Å². The molecular weight excluding hydrogens is 316 g/mol. The molecule has 118 valence electrons. The average Bonchev–Trinajstić information content (AvgIpc) is 2.55. The van der Waals surface area contributed by atoms with Gasteiger partial charge >= 0.3 is 0 Å². The maximum Gasteiger partial charge on any atom is 0.295 e. The highest BCUT2D eigenvalue weighted by Crippen LogP contribution is 2.26. The fourth-order valence-corrected chi connectivity index (χ4v) is 2.18. The van der Waals surface area contributed by atoms with Crippen LogP contribution in [-0.2, 0) is 0 Å². The van der Waals surface area contributed by atoms with Gasteiger partial charge in [0.1, 0.15) is 5.69 Å². The van der Waals surface area contributed by atoms with E-state index in [-0.39, 0.29) is 33.7 Å². The summed E-state index contributed by atoms with van der Waals surface area (Å²) in [6.45, 7) is 0. The molecule has 0 aliphatic heterocycles. The van der Waals surface area contributed by atoms with Gasteiger partial charge in [0, 0.05) is 30.6 Å². The molecule has 0 bridgehead atoms. The zero-order valence-corrected chi connectivity index (χ0v) is 11.9. The Kier molecular flexibility index (Phi) is 3.51. The van der Waals surface area contributed by atoms with E-state index in [1.807, 2.05) is 0 Å². The summed E-state index contributed by atoms with van der Waals surface area (Å²) in [6.07, 6.45) is 4.33. The van der Waals surface area contributed by atoms with Gasteiger partial charge in [-0.3, -0.25) is 25.0 Å². The zero-order valence-electron chi connectivity index (χ0n) is 11.9. The van der Waals surface area contributed by atoms with Crippen molar-refractivity contribution in [3.63, 3.8) is 0 Å². The second-order valence-corrected chi connectivity index (χ2v) is 4.71. The fourth-order valence-electron chi connectivity index (χ4n) is 2.18. The smallest absolute Gasteiger partial charge is 0.295 e. The van der Waals surface area contributed by atoms with E-state index < -0.39 is 10.5 Å². The minimum atomic E-state index is -0.635. The fraction of sp³-hybridized carbons (Fsp3) is 0. The molecule has 0 spiro atoms. The summed E-state index contributed by atoms with van der Waals surface area (Å²) in [6, 6.07) is 5.08. The minimum absolute atomic E-state index is 0.142. The predicted molar refractivity (Wildman–Crippen MR) is 83.9 cm³/mol. The number of nitriles is 1. The SMILES string of the molecule is N#CNc1nc2cc([N+](=O)[O-])c(-n3ccc(=O)cc3)cc2[nH]c1=O. The first-order valence-electron chi connectivity index (χ1n) is 6.56. The Labute approximate surface area is 132 Å². The van der Waals surface area contributed by atoms with Gasteiger partial charge in [0.2, 0.25) is 5.82 Å². The zero-order chi connectivity index (χ0) is 17.3. The van der Waals surface area contributed by atoms with E-state index in [1.165, 1.54) is 41.2 Å². The van der Waals surface area contributed by atoms with Crippen LogP contribution in [0.15, 0.2) is 46.2 Å². The largest absolute Gasteiger partial charge is 0.318 e. The molecule has 10 nitrogen and oxygen atoms in total. The molecular formula is C14H8N6O4. The lowest BCUT2D eigenvalue weighted by molar-refractivity contribution is -0.384. The number of benzene rings is 1.